The molecule has 0 spiro atoms. The van der Waals surface area contributed by atoms with E-state index >= 15 is 0 Å². The minimum Gasteiger partial charge on any atom is -0.292 e. The lowest BCUT2D eigenvalue weighted by Crippen LogP contribution is -2.23. The Balaban J connectivity index is 2.04. The van der Waals surface area contributed by atoms with E-state index in [1.54, 1.807) is 26.1 Å². The third-order valence-corrected chi connectivity index (χ3v) is 5.38. The molecule has 2 aromatic rings. The number of Topliss-reactive ketones (excluding diaryl/α,β-unsaturated/α-hetero) is 1. The van der Waals surface area contributed by atoms with Gasteiger partial charge in [-0.05, 0) is 38.0 Å². The first-order valence-corrected chi connectivity index (χ1v) is 9.23. The Morgan fingerprint density at radius 1 is 1.16 bits per heavy atom. The minimum absolute atomic E-state index is 0.0104. The summed E-state index contributed by atoms with van der Waals surface area (Å²) < 4.78 is 1.53. The number of halogens is 2. The molecule has 4 nitrogen and oxygen atoms in total. The molecule has 1 aromatic heterocycles. The number of aryl methyl sites for hydroxylation is 2. The molecule has 1 fully saturated rings. The van der Waals surface area contributed by atoms with Crippen molar-refractivity contribution in [1.82, 2.24) is 9.78 Å². The summed E-state index contributed by atoms with van der Waals surface area (Å²) in [7, 11) is 1.71. The molecule has 0 bridgehead atoms. The largest absolute Gasteiger partial charge is 0.292 e. The first-order valence-electron chi connectivity index (χ1n) is 8.47. The van der Waals surface area contributed by atoms with Crippen LogP contribution in [0, 0.1) is 12.8 Å². The summed E-state index contributed by atoms with van der Waals surface area (Å²) >= 11 is 12.1. The van der Waals surface area contributed by atoms with E-state index in [9.17, 15) is 9.59 Å². The van der Waals surface area contributed by atoms with Crippen LogP contribution in [0.4, 0.5) is 0 Å². The molecule has 3 rings (SSSR count). The zero-order valence-electron chi connectivity index (χ0n) is 14.3. The first kappa shape index (κ1) is 18.2. The summed E-state index contributed by atoms with van der Waals surface area (Å²) in [4.78, 5) is 26.1. The van der Waals surface area contributed by atoms with Crippen LogP contribution in [0.1, 0.15) is 64.2 Å². The lowest BCUT2D eigenvalue weighted by atomic mass is 9.83. The van der Waals surface area contributed by atoms with Crippen molar-refractivity contribution in [2.24, 2.45) is 13.0 Å². The zero-order valence-corrected chi connectivity index (χ0v) is 15.8. The molecule has 0 radical (unpaired) electrons. The molecular weight excluding hydrogens is 359 g/mol. The lowest BCUT2D eigenvalue weighted by molar-refractivity contribution is 0.0872. The van der Waals surface area contributed by atoms with Crippen molar-refractivity contribution in [1.29, 1.82) is 0 Å². The van der Waals surface area contributed by atoms with E-state index in [2.05, 4.69) is 5.10 Å². The van der Waals surface area contributed by atoms with E-state index in [1.807, 2.05) is 0 Å². The Morgan fingerprint density at radius 3 is 2.48 bits per heavy atom. The number of carbonyl (C=O) groups is 2. The van der Waals surface area contributed by atoms with Gasteiger partial charge >= 0.3 is 0 Å². The molecule has 0 atom stereocenters. The SMILES string of the molecule is Cc1nn(C)c(C(=O)C2CCCCC2)c1C(=O)c1ccc(Cl)cc1Cl. The van der Waals surface area contributed by atoms with E-state index in [-0.39, 0.29) is 22.5 Å². The highest BCUT2D eigenvalue weighted by molar-refractivity contribution is 6.37. The zero-order chi connectivity index (χ0) is 18.1. The number of carbonyl (C=O) groups excluding carboxylic acids is 2. The van der Waals surface area contributed by atoms with Crippen LogP contribution in [0.15, 0.2) is 18.2 Å². The number of hydrogen-bond acceptors (Lipinski definition) is 3. The third kappa shape index (κ3) is 3.51. The molecule has 1 saturated carbocycles. The van der Waals surface area contributed by atoms with Crippen molar-refractivity contribution >= 4 is 34.8 Å². The standard InChI is InChI=1S/C19H20Cl2N2O2/c1-11-16(19(25)14-9-8-13(20)10-15(14)21)17(23(2)22-11)18(24)12-6-4-3-5-7-12/h8-10,12H,3-7H2,1-2H3. The van der Waals surface area contributed by atoms with Crippen LogP contribution >= 0.6 is 23.2 Å². The van der Waals surface area contributed by atoms with Gasteiger partial charge in [0.05, 0.1) is 16.3 Å². The quantitative estimate of drug-likeness (QED) is 0.700. The van der Waals surface area contributed by atoms with Crippen molar-refractivity contribution in [3.8, 4) is 0 Å². The molecule has 0 N–H and O–H groups in total. The second-order valence-corrected chi connectivity index (χ2v) is 7.43. The van der Waals surface area contributed by atoms with Gasteiger partial charge in [0.1, 0.15) is 5.69 Å². The molecule has 1 aliphatic rings. The summed E-state index contributed by atoms with van der Waals surface area (Å²) in [6, 6.07) is 4.74. The molecule has 1 aromatic carbocycles. The molecule has 1 heterocycles. The number of rotatable bonds is 4. The van der Waals surface area contributed by atoms with Crippen LogP contribution in [0.25, 0.3) is 0 Å². The Kier molecular flexibility index (Phi) is 5.30. The van der Waals surface area contributed by atoms with Gasteiger partial charge in [0.15, 0.2) is 11.6 Å². The van der Waals surface area contributed by atoms with Gasteiger partial charge in [-0.3, -0.25) is 14.3 Å². The van der Waals surface area contributed by atoms with Crippen molar-refractivity contribution < 1.29 is 9.59 Å². The molecule has 25 heavy (non-hydrogen) atoms. The van der Waals surface area contributed by atoms with Gasteiger partial charge in [0.25, 0.3) is 0 Å². The number of nitrogens with zero attached hydrogens (tertiary/aromatic N) is 2. The van der Waals surface area contributed by atoms with Crippen LogP contribution < -0.4 is 0 Å². The van der Waals surface area contributed by atoms with Crippen molar-refractivity contribution in [3.05, 3.63) is 50.8 Å². The first-order chi connectivity index (χ1) is 11.9. The van der Waals surface area contributed by atoms with Gasteiger partial charge in [0, 0.05) is 23.6 Å². The van der Waals surface area contributed by atoms with Crippen LogP contribution in [0.2, 0.25) is 10.0 Å². The Labute approximate surface area is 157 Å². The Hall–Kier alpha value is -1.65. The summed E-state index contributed by atoms with van der Waals surface area (Å²) in [5.41, 5.74) is 1.61. The Morgan fingerprint density at radius 2 is 1.84 bits per heavy atom. The summed E-state index contributed by atoms with van der Waals surface area (Å²) in [5.74, 6) is -0.307. The van der Waals surface area contributed by atoms with E-state index < -0.39 is 0 Å². The van der Waals surface area contributed by atoms with Crippen molar-refractivity contribution in [2.75, 3.05) is 0 Å². The predicted octanol–water partition coefficient (Wildman–Crippen LogP) is 5.03. The monoisotopic (exact) mass is 378 g/mol. The number of hydrogen-bond donors (Lipinski definition) is 0. The number of ketones is 2. The van der Waals surface area contributed by atoms with E-state index in [4.69, 9.17) is 23.2 Å². The summed E-state index contributed by atoms with van der Waals surface area (Å²) in [5, 5.41) is 5.06. The third-order valence-electron chi connectivity index (χ3n) is 4.83. The highest BCUT2D eigenvalue weighted by Gasteiger charge is 2.31. The van der Waals surface area contributed by atoms with E-state index in [0.29, 0.717) is 27.5 Å². The number of benzene rings is 1. The molecule has 132 valence electrons. The van der Waals surface area contributed by atoms with Crippen LogP contribution in [0.5, 0.6) is 0 Å². The fourth-order valence-corrected chi connectivity index (χ4v) is 4.07. The second-order valence-electron chi connectivity index (χ2n) is 6.59. The van der Waals surface area contributed by atoms with Gasteiger partial charge in [-0.1, -0.05) is 42.5 Å². The van der Waals surface area contributed by atoms with E-state index in [0.717, 1.165) is 25.7 Å². The fraction of sp³-hybridized carbons (Fsp3) is 0.421. The molecule has 0 amide bonds. The minimum atomic E-state index is -0.286. The van der Waals surface area contributed by atoms with Gasteiger partial charge in [-0.2, -0.15) is 5.10 Å². The maximum Gasteiger partial charge on any atom is 0.198 e. The van der Waals surface area contributed by atoms with Crippen LogP contribution in [0.3, 0.4) is 0 Å². The molecule has 0 saturated heterocycles. The maximum atomic E-state index is 13.1. The number of aromatic nitrogens is 2. The van der Waals surface area contributed by atoms with Gasteiger partial charge in [-0.15, -0.1) is 0 Å². The average molecular weight is 379 g/mol. The second kappa shape index (κ2) is 7.30. The van der Waals surface area contributed by atoms with Crippen molar-refractivity contribution in [3.63, 3.8) is 0 Å². The molecule has 0 unspecified atom stereocenters. The highest BCUT2D eigenvalue weighted by Crippen LogP contribution is 2.31. The van der Waals surface area contributed by atoms with Crippen LogP contribution in [-0.2, 0) is 7.05 Å². The lowest BCUT2D eigenvalue weighted by Gasteiger charge is -2.20. The van der Waals surface area contributed by atoms with Crippen molar-refractivity contribution in [2.45, 2.75) is 39.0 Å². The maximum absolute atomic E-state index is 13.1. The molecule has 1 aliphatic carbocycles. The van der Waals surface area contributed by atoms with Gasteiger partial charge < -0.3 is 0 Å². The normalized spacial score (nSPS) is 15.4. The Bertz CT molecular complexity index is 836. The van der Waals surface area contributed by atoms with Gasteiger partial charge in [-0.25, -0.2) is 0 Å². The molecule has 0 aliphatic heterocycles. The van der Waals surface area contributed by atoms with Crippen LogP contribution in [-0.4, -0.2) is 21.3 Å². The molecular formula is C19H20Cl2N2O2. The topological polar surface area (TPSA) is 52.0 Å². The van der Waals surface area contributed by atoms with E-state index in [1.165, 1.54) is 17.2 Å². The molecule has 6 heteroatoms. The summed E-state index contributed by atoms with van der Waals surface area (Å²) in [6.45, 7) is 1.74. The average Bonchev–Trinajstić information content (AvgIpc) is 2.88. The fourth-order valence-electron chi connectivity index (χ4n) is 3.58. The summed E-state index contributed by atoms with van der Waals surface area (Å²) in [6.07, 6.45) is 5.02. The predicted molar refractivity (Wildman–Crippen MR) is 98.7 cm³/mol. The highest BCUT2D eigenvalue weighted by atomic mass is 35.5. The smallest absolute Gasteiger partial charge is 0.198 e. The van der Waals surface area contributed by atoms with Gasteiger partial charge in [0.2, 0.25) is 0 Å².